The molecule has 0 amide bonds. The Kier molecular flexibility index (Phi) is 2.66. The minimum absolute atomic E-state index is 0.320. The van der Waals surface area contributed by atoms with Gasteiger partial charge >= 0.3 is 15.7 Å². The number of hydrogen-bond acceptors (Lipinski definition) is 5. The van der Waals surface area contributed by atoms with E-state index in [1.165, 1.54) is 18.2 Å². The summed E-state index contributed by atoms with van der Waals surface area (Å²) in [5, 5.41) is 9.63. The van der Waals surface area contributed by atoms with Gasteiger partial charge in [0.15, 0.2) is 0 Å². The van der Waals surface area contributed by atoms with Crippen LogP contribution in [0.15, 0.2) is 44.8 Å². The number of furan rings is 1. The summed E-state index contributed by atoms with van der Waals surface area (Å²) in [4.78, 5) is 13.4. The van der Waals surface area contributed by atoms with E-state index in [-0.39, 0.29) is 0 Å². The zero-order valence-electron chi connectivity index (χ0n) is 9.70. The molecule has 0 spiro atoms. The molecule has 2 aromatic heterocycles. The van der Waals surface area contributed by atoms with Crippen molar-refractivity contribution in [1.29, 1.82) is 0 Å². The number of aromatic amines is 1. The van der Waals surface area contributed by atoms with Crippen molar-refractivity contribution < 1.29 is 17.9 Å². The highest BCUT2D eigenvalue weighted by molar-refractivity contribution is 7.89. The zero-order chi connectivity index (χ0) is 14.5. The van der Waals surface area contributed by atoms with E-state index in [1.807, 2.05) is 4.98 Å². The van der Waals surface area contributed by atoms with Crippen LogP contribution >= 0.6 is 11.6 Å². The molecule has 0 aliphatic carbocycles. The summed E-state index contributed by atoms with van der Waals surface area (Å²) >= 11 is 5.80. The Morgan fingerprint density at radius 3 is 2.70 bits per heavy atom. The lowest BCUT2D eigenvalue weighted by molar-refractivity contribution is 0.455. The molecule has 2 N–H and O–H groups in total. The van der Waals surface area contributed by atoms with Gasteiger partial charge in [0.25, 0.3) is 0 Å². The van der Waals surface area contributed by atoms with Gasteiger partial charge in [0.2, 0.25) is 11.0 Å². The lowest BCUT2D eigenvalue weighted by Crippen LogP contribution is -2.24. The van der Waals surface area contributed by atoms with Crippen LogP contribution in [0.1, 0.15) is 0 Å². The van der Waals surface area contributed by atoms with E-state index in [4.69, 9.17) is 21.1 Å². The van der Waals surface area contributed by atoms with Crippen LogP contribution in [0.4, 0.5) is 0 Å². The van der Waals surface area contributed by atoms with Crippen LogP contribution in [-0.4, -0.2) is 22.5 Å². The molecule has 104 valence electrons. The first-order chi connectivity index (χ1) is 9.38. The molecule has 7 nitrogen and oxygen atoms in total. The van der Waals surface area contributed by atoms with Crippen molar-refractivity contribution >= 4 is 32.6 Å². The number of halogens is 1. The van der Waals surface area contributed by atoms with Crippen LogP contribution in [0.3, 0.4) is 0 Å². The normalized spacial score (nSPS) is 12.1. The fourth-order valence-electron chi connectivity index (χ4n) is 1.76. The topological polar surface area (TPSA) is 105 Å². The third-order valence-corrected chi connectivity index (χ3v) is 4.38. The third kappa shape index (κ3) is 1.89. The van der Waals surface area contributed by atoms with Gasteiger partial charge in [-0.3, -0.25) is 4.98 Å². The quantitative estimate of drug-likeness (QED) is 0.746. The molecule has 9 heteroatoms. The molecule has 0 aliphatic heterocycles. The molecule has 0 saturated carbocycles. The number of nitrogens with zero attached hydrogens (tertiary/aromatic N) is 1. The first-order valence-corrected chi connectivity index (χ1v) is 7.15. The number of hydrogen-bond donors (Lipinski definition) is 2. The first-order valence-electron chi connectivity index (χ1n) is 5.33. The highest BCUT2D eigenvalue weighted by atomic mass is 35.5. The Labute approximate surface area is 117 Å². The van der Waals surface area contributed by atoms with E-state index < -0.39 is 26.7 Å². The maximum absolute atomic E-state index is 12.2. The number of benzene rings is 1. The molecule has 3 rings (SSSR count). The van der Waals surface area contributed by atoms with Gasteiger partial charge < -0.3 is 9.52 Å². The second-order valence-electron chi connectivity index (χ2n) is 3.99. The highest BCUT2D eigenvalue weighted by Gasteiger charge is 2.24. The molecule has 20 heavy (non-hydrogen) atoms. The molecular formula is C11H7ClN2O5S. The van der Waals surface area contributed by atoms with E-state index >= 15 is 0 Å². The number of fused-ring (bicyclic) bond motifs is 1. The van der Waals surface area contributed by atoms with Crippen molar-refractivity contribution in [3.63, 3.8) is 0 Å². The number of aromatic hydroxyl groups is 1. The Bertz CT molecular complexity index is 966. The minimum Gasteiger partial charge on any atom is -0.493 e. The number of rotatable bonds is 2. The molecule has 0 aliphatic rings. The largest absolute Gasteiger partial charge is 0.493 e. The summed E-state index contributed by atoms with van der Waals surface area (Å²) in [6.45, 7) is 0. The Morgan fingerprint density at radius 2 is 2.05 bits per heavy atom. The van der Waals surface area contributed by atoms with Gasteiger partial charge in [0.1, 0.15) is 5.58 Å². The predicted octanol–water partition coefficient (Wildman–Crippen LogP) is 1.52. The molecule has 3 aromatic rings. The van der Waals surface area contributed by atoms with Crippen molar-refractivity contribution in [2.24, 2.45) is 0 Å². The van der Waals surface area contributed by atoms with E-state index in [1.54, 1.807) is 6.07 Å². The molecule has 0 fully saturated rings. The summed E-state index contributed by atoms with van der Waals surface area (Å²) in [6, 6.07) is 5.87. The lowest BCUT2D eigenvalue weighted by atomic mass is 10.3. The smallest absolute Gasteiger partial charge is 0.342 e. The fraction of sp³-hybridized carbons (Fsp3) is 0. The van der Waals surface area contributed by atoms with Gasteiger partial charge in [-0.25, -0.2) is 4.79 Å². The van der Waals surface area contributed by atoms with Crippen LogP contribution in [0.25, 0.3) is 11.0 Å². The van der Waals surface area contributed by atoms with E-state index in [9.17, 15) is 13.2 Å². The van der Waals surface area contributed by atoms with Crippen molar-refractivity contribution in [2.45, 2.75) is 5.09 Å². The lowest BCUT2D eigenvalue weighted by Gasteiger charge is -1.98. The maximum Gasteiger partial charge on any atom is 0.342 e. The van der Waals surface area contributed by atoms with E-state index in [0.29, 0.717) is 20.0 Å². The number of imidazole rings is 1. The van der Waals surface area contributed by atoms with Gasteiger partial charge in [-0.1, -0.05) is 11.6 Å². The van der Waals surface area contributed by atoms with E-state index in [0.717, 1.165) is 6.20 Å². The summed E-state index contributed by atoms with van der Waals surface area (Å²) < 4.78 is 30.0. The van der Waals surface area contributed by atoms with Crippen LogP contribution in [0.2, 0.25) is 5.02 Å². The summed E-state index contributed by atoms with van der Waals surface area (Å²) in [7, 11) is -4.22. The van der Waals surface area contributed by atoms with Gasteiger partial charge in [0.05, 0.1) is 6.20 Å². The standard InChI is InChI=1S/C11H7ClN2O5S/c12-7-1-2-8-6(3-7)4-10(19-8)20(17,18)14-5-9(15)13-11(14)16/h1-5,15H,(H,13,16). The zero-order valence-corrected chi connectivity index (χ0v) is 11.3. The molecule has 0 atom stereocenters. The second kappa shape index (κ2) is 4.15. The Balaban J connectivity index is 2.23. The maximum atomic E-state index is 12.2. The van der Waals surface area contributed by atoms with Crippen LogP contribution in [0, 0.1) is 0 Å². The van der Waals surface area contributed by atoms with Crippen LogP contribution in [-0.2, 0) is 10.0 Å². The minimum atomic E-state index is -4.22. The molecule has 0 bridgehead atoms. The van der Waals surface area contributed by atoms with Gasteiger partial charge in [-0.05, 0) is 18.2 Å². The van der Waals surface area contributed by atoms with Gasteiger partial charge in [0, 0.05) is 16.5 Å². The second-order valence-corrected chi connectivity index (χ2v) is 6.18. The molecular weight excluding hydrogens is 308 g/mol. The highest BCUT2D eigenvalue weighted by Crippen LogP contribution is 2.26. The van der Waals surface area contributed by atoms with Crippen molar-refractivity contribution in [2.75, 3.05) is 0 Å². The van der Waals surface area contributed by atoms with Crippen LogP contribution < -0.4 is 5.69 Å². The molecule has 2 heterocycles. The average molecular weight is 315 g/mol. The van der Waals surface area contributed by atoms with Gasteiger partial charge in [-0.15, -0.1) is 0 Å². The Hall–Kier alpha value is -2.19. The average Bonchev–Trinajstić information content (AvgIpc) is 2.92. The number of H-pyrrole nitrogens is 1. The monoisotopic (exact) mass is 314 g/mol. The third-order valence-electron chi connectivity index (χ3n) is 2.64. The molecule has 0 unspecified atom stereocenters. The fourth-order valence-corrected chi connectivity index (χ4v) is 3.11. The van der Waals surface area contributed by atoms with Crippen molar-refractivity contribution in [3.05, 3.63) is 46.0 Å². The number of aromatic nitrogens is 2. The molecule has 0 radical (unpaired) electrons. The SMILES string of the molecule is O=c1[nH]c(O)cn1S(=O)(=O)c1cc2cc(Cl)ccc2o1. The van der Waals surface area contributed by atoms with Gasteiger partial charge in [-0.2, -0.15) is 12.4 Å². The van der Waals surface area contributed by atoms with Crippen molar-refractivity contribution in [1.82, 2.24) is 8.96 Å². The summed E-state index contributed by atoms with van der Waals surface area (Å²) in [6.07, 6.45) is 0.762. The summed E-state index contributed by atoms with van der Waals surface area (Å²) in [5.74, 6) is -0.558. The summed E-state index contributed by atoms with van der Waals surface area (Å²) in [5.41, 5.74) is -0.665. The predicted molar refractivity (Wildman–Crippen MR) is 70.5 cm³/mol. The molecule has 1 aromatic carbocycles. The Morgan fingerprint density at radius 1 is 1.30 bits per heavy atom. The number of nitrogens with one attached hydrogen (secondary N) is 1. The van der Waals surface area contributed by atoms with Crippen LogP contribution in [0.5, 0.6) is 5.88 Å². The first kappa shape index (κ1) is 12.8. The van der Waals surface area contributed by atoms with E-state index in [2.05, 4.69) is 0 Å². The van der Waals surface area contributed by atoms with Crippen molar-refractivity contribution in [3.8, 4) is 5.88 Å². The molecule has 0 saturated heterocycles.